The third-order valence-corrected chi connectivity index (χ3v) is 7.52. The Bertz CT molecular complexity index is 1340. The van der Waals surface area contributed by atoms with Gasteiger partial charge in [0.2, 0.25) is 0 Å². The summed E-state index contributed by atoms with van der Waals surface area (Å²) in [6, 6.07) is 10.4. The van der Waals surface area contributed by atoms with Crippen molar-refractivity contribution in [2.24, 2.45) is 0 Å². The van der Waals surface area contributed by atoms with E-state index in [9.17, 15) is 9.18 Å². The number of nitrogens with two attached hydrogens (primary N) is 1. The highest BCUT2D eigenvalue weighted by Crippen LogP contribution is 2.36. The largest absolute Gasteiger partial charge is 0.494 e. The summed E-state index contributed by atoms with van der Waals surface area (Å²) in [5, 5.41) is 2.94. The van der Waals surface area contributed by atoms with E-state index in [2.05, 4.69) is 15.3 Å². The number of carbonyl (C=O) groups excluding carboxylic acids is 1. The smallest absolute Gasteiger partial charge is 0.399 e. The normalized spacial score (nSPS) is 21.7. The van der Waals surface area contributed by atoms with Gasteiger partial charge in [-0.25, -0.2) is 9.37 Å². The van der Waals surface area contributed by atoms with Crippen molar-refractivity contribution in [2.75, 3.05) is 18.9 Å². The fourth-order valence-electron chi connectivity index (χ4n) is 4.42. The van der Waals surface area contributed by atoms with Crippen molar-refractivity contribution >= 4 is 24.3 Å². The Morgan fingerprint density at radius 2 is 1.77 bits per heavy atom. The summed E-state index contributed by atoms with van der Waals surface area (Å²) in [5.74, 6) is -0.831. The Morgan fingerprint density at radius 1 is 1.08 bits per heavy atom. The Kier molecular flexibility index (Phi) is 7.43. The lowest BCUT2D eigenvalue weighted by molar-refractivity contribution is 0.00578. The van der Waals surface area contributed by atoms with Gasteiger partial charge in [-0.1, -0.05) is 24.3 Å². The molecule has 2 saturated heterocycles. The molecular formula is C28H32BFN4O5. The van der Waals surface area contributed by atoms with Crippen LogP contribution in [-0.4, -0.2) is 59.6 Å². The SMILES string of the molecule is CC1(C)OB(c2ccc(CO[C@H]3COC[C@@H]3NC(=O)c3cc(-c4cncc(F)c4)cnc3N)cc2)OC1(C)C. The lowest BCUT2D eigenvalue weighted by Crippen LogP contribution is -2.44. The Hall–Kier alpha value is -3.38. The van der Waals surface area contributed by atoms with Gasteiger partial charge in [-0.3, -0.25) is 9.78 Å². The van der Waals surface area contributed by atoms with E-state index in [0.29, 0.717) is 30.9 Å². The summed E-state index contributed by atoms with van der Waals surface area (Å²) >= 11 is 0. The molecule has 1 amide bonds. The van der Waals surface area contributed by atoms with Gasteiger partial charge in [-0.15, -0.1) is 0 Å². The first-order chi connectivity index (χ1) is 18.5. The third kappa shape index (κ3) is 5.81. The molecule has 2 atom stereocenters. The second kappa shape index (κ2) is 10.7. The van der Waals surface area contributed by atoms with Gasteiger partial charge < -0.3 is 29.8 Å². The fraction of sp³-hybridized carbons (Fsp3) is 0.393. The van der Waals surface area contributed by atoms with Crippen LogP contribution in [0.2, 0.25) is 0 Å². The average Bonchev–Trinajstić information content (AvgIpc) is 3.42. The highest BCUT2D eigenvalue weighted by molar-refractivity contribution is 6.62. The summed E-state index contributed by atoms with van der Waals surface area (Å²) in [7, 11) is -0.426. The predicted octanol–water partition coefficient (Wildman–Crippen LogP) is 2.88. The van der Waals surface area contributed by atoms with Gasteiger partial charge in [-0.2, -0.15) is 0 Å². The number of nitrogens with zero attached hydrogens (tertiary/aromatic N) is 2. The maximum atomic E-state index is 13.6. The first kappa shape index (κ1) is 27.2. The predicted molar refractivity (Wildman–Crippen MR) is 145 cm³/mol. The molecule has 1 aromatic carbocycles. The molecule has 2 aromatic heterocycles. The van der Waals surface area contributed by atoms with E-state index in [1.165, 1.54) is 18.5 Å². The number of halogens is 1. The zero-order valence-corrected chi connectivity index (χ0v) is 22.4. The van der Waals surface area contributed by atoms with Crippen molar-refractivity contribution < 1.29 is 28.0 Å². The Labute approximate surface area is 227 Å². The minimum absolute atomic E-state index is 0.0686. The second-order valence-corrected chi connectivity index (χ2v) is 10.8. The van der Waals surface area contributed by atoms with E-state index >= 15 is 0 Å². The highest BCUT2D eigenvalue weighted by atomic mass is 19.1. The third-order valence-electron chi connectivity index (χ3n) is 7.52. The first-order valence-corrected chi connectivity index (χ1v) is 12.8. The molecule has 2 aliphatic rings. The van der Waals surface area contributed by atoms with Crippen LogP contribution in [0, 0.1) is 5.82 Å². The monoisotopic (exact) mass is 534 g/mol. The molecule has 9 nitrogen and oxygen atoms in total. The van der Waals surface area contributed by atoms with Crippen molar-refractivity contribution in [3.8, 4) is 11.1 Å². The zero-order chi connectivity index (χ0) is 27.8. The summed E-state index contributed by atoms with van der Waals surface area (Å²) in [4.78, 5) is 21.1. The van der Waals surface area contributed by atoms with Crippen LogP contribution in [0.3, 0.4) is 0 Å². The van der Waals surface area contributed by atoms with Crippen LogP contribution in [0.5, 0.6) is 0 Å². The van der Waals surface area contributed by atoms with Crippen molar-refractivity contribution in [1.82, 2.24) is 15.3 Å². The van der Waals surface area contributed by atoms with Crippen molar-refractivity contribution in [3.05, 3.63) is 71.9 Å². The number of nitrogen functional groups attached to an aromatic ring is 1. The molecule has 0 saturated carbocycles. The molecule has 0 bridgehead atoms. The Balaban J connectivity index is 1.19. The molecule has 204 valence electrons. The summed E-state index contributed by atoms with van der Waals surface area (Å²) < 4.78 is 37.6. The number of carbonyl (C=O) groups is 1. The van der Waals surface area contributed by atoms with Gasteiger partial charge in [0, 0.05) is 23.5 Å². The van der Waals surface area contributed by atoms with Crippen LogP contribution in [0.1, 0.15) is 43.6 Å². The number of benzene rings is 1. The van der Waals surface area contributed by atoms with E-state index < -0.39 is 30.0 Å². The zero-order valence-electron chi connectivity index (χ0n) is 22.4. The number of rotatable bonds is 7. The van der Waals surface area contributed by atoms with Gasteiger partial charge >= 0.3 is 7.12 Å². The van der Waals surface area contributed by atoms with E-state index in [1.54, 1.807) is 6.07 Å². The number of amides is 1. The van der Waals surface area contributed by atoms with Crippen LogP contribution in [0.25, 0.3) is 11.1 Å². The van der Waals surface area contributed by atoms with E-state index in [0.717, 1.165) is 17.2 Å². The van der Waals surface area contributed by atoms with Gasteiger partial charge in [0.1, 0.15) is 17.7 Å². The Morgan fingerprint density at radius 3 is 2.46 bits per heavy atom. The lowest BCUT2D eigenvalue weighted by atomic mass is 9.79. The minimum Gasteiger partial charge on any atom is -0.399 e. The molecule has 0 spiro atoms. The molecule has 2 fully saturated rings. The first-order valence-electron chi connectivity index (χ1n) is 12.8. The quantitative estimate of drug-likeness (QED) is 0.445. The maximum Gasteiger partial charge on any atom is 0.494 e. The summed E-state index contributed by atoms with van der Waals surface area (Å²) in [6.07, 6.45) is 3.73. The molecule has 0 unspecified atom stereocenters. The van der Waals surface area contributed by atoms with Gasteiger partial charge in [0.05, 0.1) is 48.8 Å². The number of aromatic nitrogens is 2. The molecule has 3 aromatic rings. The van der Waals surface area contributed by atoms with Crippen molar-refractivity contribution in [3.63, 3.8) is 0 Å². The average molecular weight is 534 g/mol. The van der Waals surface area contributed by atoms with Crippen molar-refractivity contribution in [1.29, 1.82) is 0 Å². The molecular weight excluding hydrogens is 502 g/mol. The standard InChI is InChI=1S/C28H32BFN4O5/c1-27(2)28(3,4)39-29(38-27)20-7-5-17(6-8-20)14-37-24-16-36-15-23(24)34-26(35)22-10-19(12-33-25(22)31)18-9-21(30)13-32-11-18/h5-13,23-24H,14-16H2,1-4H3,(H2,31,33)(H,34,35)/t23-,24-/m0/s1. The van der Waals surface area contributed by atoms with Gasteiger partial charge in [0.15, 0.2) is 0 Å². The van der Waals surface area contributed by atoms with Crippen LogP contribution in [0.15, 0.2) is 55.0 Å². The lowest BCUT2D eigenvalue weighted by Gasteiger charge is -2.32. The van der Waals surface area contributed by atoms with E-state index in [4.69, 9.17) is 24.5 Å². The number of hydrogen-bond acceptors (Lipinski definition) is 8. The maximum absolute atomic E-state index is 13.6. The molecule has 3 N–H and O–H groups in total. The molecule has 0 radical (unpaired) electrons. The molecule has 5 rings (SSSR count). The van der Waals surface area contributed by atoms with Gasteiger partial charge in [-0.05, 0) is 50.9 Å². The summed E-state index contributed by atoms with van der Waals surface area (Å²) in [5.41, 5.74) is 8.29. The van der Waals surface area contributed by atoms with Crippen LogP contribution in [-0.2, 0) is 25.4 Å². The molecule has 2 aliphatic heterocycles. The topological polar surface area (TPSA) is 118 Å². The highest BCUT2D eigenvalue weighted by Gasteiger charge is 2.51. The summed E-state index contributed by atoms with van der Waals surface area (Å²) in [6.45, 7) is 9.09. The fourth-order valence-corrected chi connectivity index (χ4v) is 4.42. The second-order valence-electron chi connectivity index (χ2n) is 10.8. The van der Waals surface area contributed by atoms with Crippen LogP contribution in [0.4, 0.5) is 10.2 Å². The number of nitrogens with one attached hydrogen (secondary N) is 1. The number of hydrogen-bond donors (Lipinski definition) is 2. The minimum atomic E-state index is -0.485. The number of pyridine rings is 2. The van der Waals surface area contributed by atoms with Crippen LogP contribution >= 0.6 is 0 Å². The molecule has 11 heteroatoms. The molecule has 0 aliphatic carbocycles. The van der Waals surface area contributed by atoms with Crippen molar-refractivity contribution in [2.45, 2.75) is 57.6 Å². The number of anilines is 1. The van der Waals surface area contributed by atoms with E-state index in [1.807, 2.05) is 52.0 Å². The van der Waals surface area contributed by atoms with Crippen LogP contribution < -0.4 is 16.5 Å². The van der Waals surface area contributed by atoms with E-state index in [-0.39, 0.29) is 23.5 Å². The number of ether oxygens (including phenoxy) is 2. The molecule has 4 heterocycles. The molecule has 39 heavy (non-hydrogen) atoms. The van der Waals surface area contributed by atoms with Gasteiger partial charge in [0.25, 0.3) is 5.91 Å².